The van der Waals surface area contributed by atoms with Gasteiger partial charge in [0, 0.05) is 32.2 Å². The van der Waals surface area contributed by atoms with Crippen LogP contribution in [0.5, 0.6) is 0 Å². The van der Waals surface area contributed by atoms with E-state index in [9.17, 15) is 17.6 Å². The second kappa shape index (κ2) is 8.67. The third-order valence-corrected chi connectivity index (χ3v) is 7.29. The van der Waals surface area contributed by atoms with Gasteiger partial charge in [-0.3, -0.25) is 4.79 Å². The number of benzene rings is 1. The first kappa shape index (κ1) is 20.2. The summed E-state index contributed by atoms with van der Waals surface area (Å²) in [7, 11) is -3.72. The van der Waals surface area contributed by atoms with E-state index < -0.39 is 15.8 Å². The first-order chi connectivity index (χ1) is 12.9. The largest absolute Gasteiger partial charge is 0.338 e. The number of hydrogen-bond acceptors (Lipinski definition) is 4. The number of carbonyl (C=O) groups excluding carboxylic acids is 1. The summed E-state index contributed by atoms with van der Waals surface area (Å²) in [4.78, 5) is 15.2. The van der Waals surface area contributed by atoms with Gasteiger partial charge in [-0.25, -0.2) is 12.8 Å². The third kappa shape index (κ3) is 4.50. The molecule has 2 unspecified atom stereocenters. The van der Waals surface area contributed by atoms with Crippen molar-refractivity contribution in [2.24, 2.45) is 5.92 Å². The lowest BCUT2D eigenvalue weighted by Gasteiger charge is -2.36. The van der Waals surface area contributed by atoms with Crippen LogP contribution in [0.25, 0.3) is 0 Å². The molecule has 0 saturated carbocycles. The molecule has 8 heteroatoms. The van der Waals surface area contributed by atoms with Gasteiger partial charge in [-0.05, 0) is 56.5 Å². The van der Waals surface area contributed by atoms with Gasteiger partial charge in [0.05, 0.1) is 10.8 Å². The Hall–Kier alpha value is -1.51. The quantitative estimate of drug-likeness (QED) is 0.795. The van der Waals surface area contributed by atoms with Crippen molar-refractivity contribution in [3.05, 3.63) is 30.1 Å². The number of sulfonamides is 1. The number of halogens is 1. The van der Waals surface area contributed by atoms with E-state index in [-0.39, 0.29) is 29.3 Å². The Labute approximate surface area is 160 Å². The molecule has 2 saturated heterocycles. The van der Waals surface area contributed by atoms with E-state index in [0.717, 1.165) is 38.1 Å². The second-order valence-corrected chi connectivity index (χ2v) is 9.27. The SMILES string of the molecule is CCCN(C(=O)C1CCCN(S(=O)(=O)c2ccc(F)cc2)C1)C1CCNC1. The van der Waals surface area contributed by atoms with E-state index in [1.165, 1.54) is 16.4 Å². The van der Waals surface area contributed by atoms with Crippen LogP contribution in [0.1, 0.15) is 32.6 Å². The van der Waals surface area contributed by atoms with Crippen LogP contribution < -0.4 is 5.32 Å². The van der Waals surface area contributed by atoms with E-state index in [4.69, 9.17) is 0 Å². The van der Waals surface area contributed by atoms with Crippen molar-refractivity contribution in [3.63, 3.8) is 0 Å². The highest BCUT2D eigenvalue weighted by Crippen LogP contribution is 2.26. The van der Waals surface area contributed by atoms with Crippen LogP contribution in [0.3, 0.4) is 0 Å². The highest BCUT2D eigenvalue weighted by Gasteiger charge is 2.37. The lowest BCUT2D eigenvalue weighted by atomic mass is 9.97. The number of amides is 1. The van der Waals surface area contributed by atoms with Crippen LogP contribution in [-0.4, -0.2) is 62.3 Å². The highest BCUT2D eigenvalue weighted by atomic mass is 32.2. The molecular weight excluding hydrogens is 369 g/mol. The molecule has 0 radical (unpaired) electrons. The van der Waals surface area contributed by atoms with Gasteiger partial charge in [-0.1, -0.05) is 6.92 Å². The Morgan fingerprint density at radius 2 is 2.04 bits per heavy atom. The molecular formula is C19H28FN3O3S. The summed E-state index contributed by atoms with van der Waals surface area (Å²) >= 11 is 0. The number of carbonyl (C=O) groups is 1. The zero-order valence-electron chi connectivity index (χ0n) is 15.7. The predicted molar refractivity (Wildman–Crippen MR) is 101 cm³/mol. The molecule has 2 fully saturated rings. The first-order valence-electron chi connectivity index (χ1n) is 9.70. The molecule has 1 amide bonds. The Morgan fingerprint density at radius 1 is 1.30 bits per heavy atom. The molecule has 2 atom stereocenters. The minimum Gasteiger partial charge on any atom is -0.338 e. The lowest BCUT2D eigenvalue weighted by molar-refractivity contribution is -0.138. The molecule has 0 bridgehead atoms. The Morgan fingerprint density at radius 3 is 2.67 bits per heavy atom. The van der Waals surface area contributed by atoms with E-state index in [0.29, 0.717) is 25.9 Å². The number of piperidine rings is 1. The van der Waals surface area contributed by atoms with E-state index in [1.54, 1.807) is 0 Å². The maximum Gasteiger partial charge on any atom is 0.243 e. The average molecular weight is 398 g/mol. The fourth-order valence-electron chi connectivity index (χ4n) is 3.97. The summed E-state index contributed by atoms with van der Waals surface area (Å²) < 4.78 is 40.3. The minimum absolute atomic E-state index is 0.0598. The molecule has 6 nitrogen and oxygen atoms in total. The highest BCUT2D eigenvalue weighted by molar-refractivity contribution is 7.89. The average Bonchev–Trinajstić information content (AvgIpc) is 3.20. The number of rotatable bonds is 6. The normalized spacial score (nSPS) is 24.1. The number of nitrogens with zero attached hydrogens (tertiary/aromatic N) is 2. The zero-order chi connectivity index (χ0) is 19.4. The van der Waals surface area contributed by atoms with Gasteiger partial charge in [0.15, 0.2) is 0 Å². The fourth-order valence-corrected chi connectivity index (χ4v) is 5.50. The van der Waals surface area contributed by atoms with Gasteiger partial charge in [-0.15, -0.1) is 0 Å². The molecule has 1 aromatic carbocycles. The second-order valence-electron chi connectivity index (χ2n) is 7.33. The van der Waals surface area contributed by atoms with Crippen LogP contribution in [0.15, 0.2) is 29.2 Å². The standard InChI is InChI=1S/C19H28FN3O3S/c1-2-11-23(17-9-10-21-13-17)19(24)15-4-3-12-22(14-15)27(25,26)18-7-5-16(20)6-8-18/h5-8,15,17,21H,2-4,9-14H2,1H3. The molecule has 2 aliphatic rings. The molecule has 0 aromatic heterocycles. The molecule has 2 heterocycles. The zero-order valence-corrected chi connectivity index (χ0v) is 16.5. The van der Waals surface area contributed by atoms with Gasteiger partial charge >= 0.3 is 0 Å². The Kier molecular flexibility index (Phi) is 6.49. The van der Waals surface area contributed by atoms with Gasteiger partial charge in [0.1, 0.15) is 5.82 Å². The van der Waals surface area contributed by atoms with Crippen molar-refractivity contribution in [2.45, 2.75) is 43.5 Å². The summed E-state index contributed by atoms with van der Waals surface area (Å²) in [6, 6.07) is 5.06. The van der Waals surface area contributed by atoms with Crippen LogP contribution >= 0.6 is 0 Å². The monoisotopic (exact) mass is 397 g/mol. The Bertz CT molecular complexity index is 748. The van der Waals surface area contributed by atoms with Gasteiger partial charge in [-0.2, -0.15) is 4.31 Å². The number of nitrogens with one attached hydrogen (secondary N) is 1. The predicted octanol–water partition coefficient (Wildman–Crippen LogP) is 1.83. The third-order valence-electron chi connectivity index (χ3n) is 5.41. The van der Waals surface area contributed by atoms with Crippen molar-refractivity contribution >= 4 is 15.9 Å². The molecule has 0 aliphatic carbocycles. The van der Waals surface area contributed by atoms with Gasteiger partial charge < -0.3 is 10.2 Å². The molecule has 27 heavy (non-hydrogen) atoms. The van der Waals surface area contributed by atoms with Crippen molar-refractivity contribution < 1.29 is 17.6 Å². The fraction of sp³-hybridized carbons (Fsp3) is 0.632. The molecule has 0 spiro atoms. The van der Waals surface area contributed by atoms with Gasteiger partial charge in [0.2, 0.25) is 15.9 Å². The molecule has 150 valence electrons. The smallest absolute Gasteiger partial charge is 0.243 e. The van der Waals surface area contributed by atoms with Crippen molar-refractivity contribution in [1.29, 1.82) is 0 Å². The topological polar surface area (TPSA) is 69.7 Å². The number of hydrogen-bond donors (Lipinski definition) is 1. The molecule has 2 aliphatic heterocycles. The Balaban J connectivity index is 1.74. The maximum absolute atomic E-state index is 13.2. The van der Waals surface area contributed by atoms with E-state index in [1.807, 2.05) is 4.90 Å². The molecule has 1 N–H and O–H groups in total. The van der Waals surface area contributed by atoms with Crippen LogP contribution in [-0.2, 0) is 14.8 Å². The van der Waals surface area contributed by atoms with Crippen molar-refractivity contribution in [1.82, 2.24) is 14.5 Å². The first-order valence-corrected chi connectivity index (χ1v) is 11.1. The maximum atomic E-state index is 13.2. The van der Waals surface area contributed by atoms with E-state index >= 15 is 0 Å². The van der Waals surface area contributed by atoms with Crippen LogP contribution in [0.2, 0.25) is 0 Å². The molecule has 1 aromatic rings. The van der Waals surface area contributed by atoms with Crippen molar-refractivity contribution in [3.8, 4) is 0 Å². The lowest BCUT2D eigenvalue weighted by Crippen LogP contribution is -2.50. The van der Waals surface area contributed by atoms with Crippen LogP contribution in [0, 0.1) is 11.7 Å². The van der Waals surface area contributed by atoms with Crippen molar-refractivity contribution in [2.75, 3.05) is 32.7 Å². The summed E-state index contributed by atoms with van der Waals surface area (Å²) in [5, 5.41) is 3.30. The molecule has 3 rings (SSSR count). The summed E-state index contributed by atoms with van der Waals surface area (Å²) in [6.45, 7) is 5.05. The van der Waals surface area contributed by atoms with Crippen LogP contribution in [0.4, 0.5) is 4.39 Å². The minimum atomic E-state index is -3.72. The van der Waals surface area contributed by atoms with Gasteiger partial charge in [0.25, 0.3) is 0 Å². The summed E-state index contributed by atoms with van der Waals surface area (Å²) in [6.07, 6.45) is 3.18. The summed E-state index contributed by atoms with van der Waals surface area (Å²) in [5.41, 5.74) is 0. The summed E-state index contributed by atoms with van der Waals surface area (Å²) in [5.74, 6) is -0.730. The van der Waals surface area contributed by atoms with E-state index in [2.05, 4.69) is 12.2 Å².